The average Bonchev–Trinajstić information content (AvgIpc) is 3.50. The standard InChI is InChI=1S/2C17H17.2CH3.2ClH.H2Si.Ti/c2*1-2-3-6-13-11-15-10-9-14-7-4-5-8-16(14)17(15)12-13;;;;;;/h2*4-5,7-12H,2-3,6H2,1H3;2*1H3;2*1H;1H2;. The van der Waals surface area contributed by atoms with Crippen LogP contribution < -0.4 is 0 Å². The van der Waals surface area contributed by atoms with Gasteiger partial charge in [-0.3, -0.25) is 0 Å². The minimum Gasteiger partial charge on any atom is -0.147 e. The van der Waals surface area contributed by atoms with E-state index in [2.05, 4.69) is 117 Å². The molecule has 2 atom stereocenters. The molecule has 0 spiro atoms. The molecule has 0 radical (unpaired) electrons. The van der Waals surface area contributed by atoms with Crippen LogP contribution in [0.2, 0.25) is 10.5 Å². The van der Waals surface area contributed by atoms with Gasteiger partial charge in [-0.2, -0.15) is 0 Å². The minimum absolute atomic E-state index is 0. The van der Waals surface area contributed by atoms with Gasteiger partial charge >= 0.3 is 233 Å². The predicted molar refractivity (Wildman–Crippen MR) is 183 cm³/mol. The third-order valence-corrected chi connectivity index (χ3v) is 20.9. The fraction of sp³-hybridized carbons (Fsp3) is 0.333. The summed E-state index contributed by atoms with van der Waals surface area (Å²) in [6.07, 6.45) is 12.7. The van der Waals surface area contributed by atoms with E-state index < -0.39 is 14.0 Å². The molecule has 0 aliphatic heterocycles. The van der Waals surface area contributed by atoms with Crippen molar-refractivity contribution >= 4 is 66.1 Å². The van der Waals surface area contributed by atoms with Crippen LogP contribution in [0.1, 0.15) is 83.1 Å². The number of halogens is 2. The van der Waals surface area contributed by atoms with Gasteiger partial charge in [0.25, 0.3) is 0 Å². The fourth-order valence-corrected chi connectivity index (χ4v) is 20.8. The van der Waals surface area contributed by atoms with Crippen molar-refractivity contribution in [3.63, 3.8) is 0 Å². The van der Waals surface area contributed by atoms with Crippen LogP contribution in [0.5, 0.6) is 0 Å². The first kappa shape index (κ1) is 31.3. The zero-order valence-corrected chi connectivity index (χ0v) is 29.1. The minimum atomic E-state index is -3.36. The van der Waals surface area contributed by atoms with Crippen molar-refractivity contribution < 1.29 is 14.0 Å². The van der Waals surface area contributed by atoms with E-state index >= 15 is 0 Å². The molecule has 0 saturated heterocycles. The first-order valence-corrected chi connectivity index (χ1v) is 23.8. The molecular formula is C36H44Cl2SiTi. The Bertz CT molecular complexity index is 1570. The van der Waals surface area contributed by atoms with Crippen LogP contribution in [-0.4, -0.2) is 7.63 Å². The molecule has 2 aliphatic carbocycles. The van der Waals surface area contributed by atoms with Gasteiger partial charge in [-0.05, 0) is 0 Å². The van der Waals surface area contributed by atoms with Crippen molar-refractivity contribution in [3.05, 3.63) is 106 Å². The fourth-order valence-electron chi connectivity index (χ4n) is 7.99. The Morgan fingerprint density at radius 3 is 1.40 bits per heavy atom. The van der Waals surface area contributed by atoms with Crippen LogP contribution in [0.25, 0.3) is 33.7 Å². The number of unbranched alkanes of at least 4 members (excludes halogenated alkanes) is 2. The van der Waals surface area contributed by atoms with E-state index in [1.807, 2.05) is 0 Å². The third kappa shape index (κ3) is 5.12. The second-order valence-corrected chi connectivity index (χ2v) is 33.2. The smallest absolute Gasteiger partial charge is 0.147 e. The first-order chi connectivity index (χ1) is 18.3. The van der Waals surface area contributed by atoms with E-state index in [4.69, 9.17) is 0 Å². The molecule has 0 N–H and O–H groups in total. The molecule has 210 valence electrons. The molecule has 6 rings (SSSR count). The van der Waals surface area contributed by atoms with E-state index in [0.29, 0.717) is 8.45 Å². The van der Waals surface area contributed by atoms with Crippen molar-refractivity contribution in [2.75, 3.05) is 0 Å². The van der Waals surface area contributed by atoms with Gasteiger partial charge in [0.05, 0.1) is 0 Å². The molecular weight excluding hydrogens is 579 g/mol. The predicted octanol–water partition coefficient (Wildman–Crippen LogP) is 11.1. The summed E-state index contributed by atoms with van der Waals surface area (Å²) in [7, 11) is 2.49. The zero-order valence-electron chi connectivity index (χ0n) is 24.5. The Hall–Kier alpha value is -1.61. The van der Waals surface area contributed by atoms with Crippen molar-refractivity contribution in [1.29, 1.82) is 0 Å². The SMILES string of the molecule is CCCCC1=Cc2ccc3ccccc3c2[CH]1[Ti]([CH3])([CH3])(=[SiH2])[CH]1C(CCCC)=Cc2ccc3ccccc3c21.Cl.Cl. The molecule has 0 bridgehead atoms. The van der Waals surface area contributed by atoms with E-state index in [1.165, 1.54) is 71.2 Å². The van der Waals surface area contributed by atoms with Crippen LogP contribution >= 0.6 is 24.8 Å². The maximum absolute atomic E-state index is 3.36. The summed E-state index contributed by atoms with van der Waals surface area (Å²) in [5, 5.41) is 11.4. The number of allylic oxidation sites excluding steroid dienone is 2. The average molecular weight is 624 g/mol. The molecule has 0 saturated carbocycles. The van der Waals surface area contributed by atoms with Crippen LogP contribution in [0.4, 0.5) is 0 Å². The topological polar surface area (TPSA) is 0 Å². The number of rotatable bonds is 8. The van der Waals surface area contributed by atoms with Gasteiger partial charge in [0.15, 0.2) is 0 Å². The molecule has 40 heavy (non-hydrogen) atoms. The largest absolute Gasteiger partial charge is 0.147 e. The van der Waals surface area contributed by atoms with Crippen molar-refractivity contribution in [1.82, 2.24) is 0 Å². The summed E-state index contributed by atoms with van der Waals surface area (Å²) < 4.78 is 1.14. The van der Waals surface area contributed by atoms with E-state index in [-0.39, 0.29) is 24.8 Å². The van der Waals surface area contributed by atoms with Crippen molar-refractivity contribution in [2.24, 2.45) is 0 Å². The van der Waals surface area contributed by atoms with Gasteiger partial charge < -0.3 is 0 Å². The summed E-state index contributed by atoms with van der Waals surface area (Å²) in [6.45, 7) is 4.68. The Labute approximate surface area is 256 Å². The van der Waals surface area contributed by atoms with Gasteiger partial charge in [0, 0.05) is 0 Å². The summed E-state index contributed by atoms with van der Waals surface area (Å²) in [4.78, 5) is 0. The molecule has 4 aromatic carbocycles. The Balaban J connectivity index is 0.00000185. The quantitative estimate of drug-likeness (QED) is 0.171. The van der Waals surface area contributed by atoms with E-state index in [1.54, 1.807) is 22.3 Å². The van der Waals surface area contributed by atoms with Crippen molar-refractivity contribution in [3.8, 4) is 0 Å². The monoisotopic (exact) mass is 622 g/mol. The maximum Gasteiger partial charge on any atom is -0.147 e. The summed E-state index contributed by atoms with van der Waals surface area (Å²) >= 11 is -3.36. The first-order valence-electron chi connectivity index (χ1n) is 14.8. The Morgan fingerprint density at radius 2 is 1.00 bits per heavy atom. The second kappa shape index (κ2) is 11.9. The van der Waals surface area contributed by atoms with Gasteiger partial charge in [-0.25, -0.2) is 0 Å². The molecule has 0 nitrogen and oxygen atoms in total. The molecule has 0 fully saturated rings. The Morgan fingerprint density at radius 1 is 0.600 bits per heavy atom. The summed E-state index contributed by atoms with van der Waals surface area (Å²) in [5.74, 6) is 0. The molecule has 4 aromatic rings. The molecule has 2 unspecified atom stereocenters. The van der Waals surface area contributed by atoms with Crippen LogP contribution in [0.3, 0.4) is 0 Å². The second-order valence-electron chi connectivity index (χ2n) is 13.0. The number of hydrogen-bond acceptors (Lipinski definition) is 0. The number of benzene rings is 4. The molecule has 4 heteroatoms. The van der Waals surface area contributed by atoms with E-state index in [0.717, 1.165) is 0 Å². The number of hydrogen-bond donors (Lipinski definition) is 0. The zero-order chi connectivity index (χ0) is 26.5. The van der Waals surface area contributed by atoms with E-state index in [9.17, 15) is 0 Å². The van der Waals surface area contributed by atoms with Crippen LogP contribution in [0.15, 0.2) is 83.9 Å². The molecule has 2 aliphatic rings. The molecule has 0 amide bonds. The molecule has 0 aromatic heterocycles. The van der Waals surface area contributed by atoms with Crippen LogP contribution in [-0.2, 0) is 14.0 Å². The third-order valence-electron chi connectivity index (χ3n) is 9.54. The van der Waals surface area contributed by atoms with Gasteiger partial charge in [0.2, 0.25) is 0 Å². The summed E-state index contributed by atoms with van der Waals surface area (Å²) in [5.41, 5.74) is 9.71. The van der Waals surface area contributed by atoms with Crippen LogP contribution in [0, 0.1) is 0 Å². The summed E-state index contributed by atoms with van der Waals surface area (Å²) in [6, 6.07) is 27.9. The normalized spacial score (nSPS) is 18.0. The maximum atomic E-state index is 2.80. The van der Waals surface area contributed by atoms with Gasteiger partial charge in [0.1, 0.15) is 0 Å². The Kier molecular flexibility index (Phi) is 9.35. The number of fused-ring (bicyclic) bond motifs is 6. The van der Waals surface area contributed by atoms with Gasteiger partial charge in [-0.15, -0.1) is 24.8 Å². The van der Waals surface area contributed by atoms with Gasteiger partial charge in [-0.1, -0.05) is 0 Å². The van der Waals surface area contributed by atoms with Crippen molar-refractivity contribution in [2.45, 2.75) is 71.3 Å². The molecule has 0 heterocycles.